The normalized spacial score (nSPS) is 9.90. The third-order valence-electron chi connectivity index (χ3n) is 4.20. The van der Waals surface area contributed by atoms with Gasteiger partial charge in [-0.05, 0) is 48.0 Å². The number of anilines is 2. The molecule has 0 saturated carbocycles. The Bertz CT molecular complexity index is 1000. The Hall–Kier alpha value is -4.19. The van der Waals surface area contributed by atoms with Gasteiger partial charge in [0.2, 0.25) is 0 Å². The third-order valence-corrected chi connectivity index (χ3v) is 4.20. The molecule has 3 rings (SSSR count). The van der Waals surface area contributed by atoms with Gasteiger partial charge in [0.25, 0.3) is 11.8 Å². The number of benzene rings is 3. The molecule has 150 valence electrons. The van der Waals surface area contributed by atoms with Crippen LogP contribution < -0.4 is 10.6 Å². The van der Waals surface area contributed by atoms with E-state index in [2.05, 4.69) is 15.4 Å². The molecule has 0 atom stereocenters. The molecule has 6 heteroatoms. The van der Waals surface area contributed by atoms with Gasteiger partial charge in [-0.3, -0.25) is 9.59 Å². The molecule has 0 aromatic heterocycles. The van der Waals surface area contributed by atoms with Crippen LogP contribution in [0.25, 0.3) is 6.08 Å². The third kappa shape index (κ3) is 5.42. The molecule has 0 saturated heterocycles. The number of carbonyl (C=O) groups excluding carboxylic acids is 3. The minimum absolute atomic E-state index is 0.0754. The first kappa shape index (κ1) is 20.5. The van der Waals surface area contributed by atoms with Crippen molar-refractivity contribution in [1.82, 2.24) is 0 Å². The second kappa shape index (κ2) is 9.84. The summed E-state index contributed by atoms with van der Waals surface area (Å²) in [7, 11) is 1.30. The number of hydrogen-bond acceptors (Lipinski definition) is 4. The highest BCUT2D eigenvalue weighted by Crippen LogP contribution is 2.15. The molecular weight excluding hydrogens is 380 g/mol. The van der Waals surface area contributed by atoms with Gasteiger partial charge in [-0.1, -0.05) is 48.5 Å². The fraction of sp³-hybridized carbons (Fsp3) is 0.0417. The fourth-order valence-corrected chi connectivity index (χ4v) is 2.67. The fourth-order valence-electron chi connectivity index (χ4n) is 2.67. The number of hydrogen-bond donors (Lipinski definition) is 2. The molecule has 0 aliphatic heterocycles. The van der Waals surface area contributed by atoms with E-state index < -0.39 is 17.8 Å². The molecule has 0 heterocycles. The van der Waals surface area contributed by atoms with Gasteiger partial charge in [0.1, 0.15) is 5.57 Å². The van der Waals surface area contributed by atoms with Crippen molar-refractivity contribution in [3.05, 3.63) is 102 Å². The Labute approximate surface area is 174 Å². The summed E-state index contributed by atoms with van der Waals surface area (Å²) in [6, 6.07) is 24.1. The van der Waals surface area contributed by atoms with Gasteiger partial charge >= 0.3 is 5.97 Å². The van der Waals surface area contributed by atoms with Crippen molar-refractivity contribution in [2.24, 2.45) is 0 Å². The van der Waals surface area contributed by atoms with E-state index in [1.807, 2.05) is 12.1 Å². The monoisotopic (exact) mass is 400 g/mol. The lowest BCUT2D eigenvalue weighted by Gasteiger charge is -2.10. The van der Waals surface area contributed by atoms with Crippen molar-refractivity contribution in [3.8, 4) is 0 Å². The van der Waals surface area contributed by atoms with E-state index in [1.54, 1.807) is 72.8 Å². The van der Waals surface area contributed by atoms with E-state index in [4.69, 9.17) is 0 Å². The standard InChI is InChI=1S/C24H20N2O4/c1-30-24(29)18-14-12-17(13-15-18)16-21(22(27)25-19-8-4-2-5-9-19)23(28)26-20-10-6-3-7-11-20/h2-16H,1H3,(H,25,27)(H,26,28). The minimum atomic E-state index is -0.549. The number of rotatable bonds is 6. The van der Waals surface area contributed by atoms with Gasteiger partial charge in [0, 0.05) is 11.4 Å². The van der Waals surface area contributed by atoms with Crippen LogP contribution in [0, 0.1) is 0 Å². The molecule has 0 spiro atoms. The zero-order valence-corrected chi connectivity index (χ0v) is 16.3. The molecule has 30 heavy (non-hydrogen) atoms. The van der Waals surface area contributed by atoms with E-state index >= 15 is 0 Å². The van der Waals surface area contributed by atoms with Gasteiger partial charge in [-0.25, -0.2) is 4.79 Å². The Kier molecular flexibility index (Phi) is 6.74. The molecule has 0 fully saturated rings. The summed E-state index contributed by atoms with van der Waals surface area (Å²) in [6.45, 7) is 0. The smallest absolute Gasteiger partial charge is 0.337 e. The SMILES string of the molecule is COC(=O)c1ccc(C=C(C(=O)Nc2ccccc2)C(=O)Nc2ccccc2)cc1. The van der Waals surface area contributed by atoms with Crippen molar-refractivity contribution in [2.45, 2.75) is 0 Å². The molecule has 0 bridgehead atoms. The van der Waals surface area contributed by atoms with E-state index in [1.165, 1.54) is 13.2 Å². The van der Waals surface area contributed by atoms with E-state index in [0.29, 0.717) is 22.5 Å². The molecule has 6 nitrogen and oxygen atoms in total. The maximum Gasteiger partial charge on any atom is 0.337 e. The number of esters is 1. The average molecular weight is 400 g/mol. The molecule has 0 unspecified atom stereocenters. The molecule has 2 amide bonds. The minimum Gasteiger partial charge on any atom is -0.465 e. The second-order valence-corrected chi connectivity index (χ2v) is 6.31. The number of para-hydroxylation sites is 2. The lowest BCUT2D eigenvalue weighted by Crippen LogP contribution is -2.25. The predicted molar refractivity (Wildman–Crippen MR) is 116 cm³/mol. The summed E-state index contributed by atoms with van der Waals surface area (Å²) in [4.78, 5) is 37.3. The number of ether oxygens (including phenoxy) is 1. The van der Waals surface area contributed by atoms with E-state index in [-0.39, 0.29) is 5.57 Å². The first-order chi connectivity index (χ1) is 14.6. The van der Waals surface area contributed by atoms with Crippen LogP contribution in [-0.2, 0) is 14.3 Å². The van der Waals surface area contributed by atoms with Crippen LogP contribution in [0.5, 0.6) is 0 Å². The van der Waals surface area contributed by atoms with Crippen molar-refractivity contribution >= 4 is 35.2 Å². The second-order valence-electron chi connectivity index (χ2n) is 6.31. The van der Waals surface area contributed by atoms with Crippen LogP contribution in [0.2, 0.25) is 0 Å². The van der Waals surface area contributed by atoms with Crippen LogP contribution in [-0.4, -0.2) is 24.9 Å². The van der Waals surface area contributed by atoms with Crippen molar-refractivity contribution in [2.75, 3.05) is 17.7 Å². The van der Waals surface area contributed by atoms with Crippen LogP contribution in [0.1, 0.15) is 15.9 Å². The largest absolute Gasteiger partial charge is 0.465 e. The molecule has 3 aromatic carbocycles. The maximum absolute atomic E-state index is 12.9. The first-order valence-corrected chi connectivity index (χ1v) is 9.19. The topological polar surface area (TPSA) is 84.5 Å². The van der Waals surface area contributed by atoms with Crippen LogP contribution in [0.3, 0.4) is 0 Å². The Morgan fingerprint density at radius 2 is 1.17 bits per heavy atom. The van der Waals surface area contributed by atoms with Gasteiger partial charge in [0.15, 0.2) is 0 Å². The van der Waals surface area contributed by atoms with Crippen molar-refractivity contribution < 1.29 is 19.1 Å². The molecule has 0 aliphatic carbocycles. The van der Waals surface area contributed by atoms with Crippen LogP contribution in [0.15, 0.2) is 90.5 Å². The van der Waals surface area contributed by atoms with Crippen LogP contribution in [0.4, 0.5) is 11.4 Å². The number of methoxy groups -OCH3 is 1. The van der Waals surface area contributed by atoms with Gasteiger partial charge in [-0.15, -0.1) is 0 Å². The highest BCUT2D eigenvalue weighted by Gasteiger charge is 2.19. The summed E-state index contributed by atoms with van der Waals surface area (Å²) < 4.78 is 4.68. The van der Waals surface area contributed by atoms with Gasteiger partial charge in [0.05, 0.1) is 12.7 Å². The summed E-state index contributed by atoms with van der Waals surface area (Å²) in [6.07, 6.45) is 1.47. The molecule has 3 aromatic rings. The number of carbonyl (C=O) groups is 3. The number of nitrogens with one attached hydrogen (secondary N) is 2. The zero-order chi connectivity index (χ0) is 21.3. The van der Waals surface area contributed by atoms with Gasteiger partial charge in [-0.2, -0.15) is 0 Å². The highest BCUT2D eigenvalue weighted by atomic mass is 16.5. The summed E-state index contributed by atoms with van der Waals surface area (Å²) in [5.74, 6) is -1.56. The number of amides is 2. The molecule has 0 aliphatic rings. The van der Waals surface area contributed by atoms with E-state index in [9.17, 15) is 14.4 Å². The Morgan fingerprint density at radius 1 is 0.700 bits per heavy atom. The zero-order valence-electron chi connectivity index (χ0n) is 16.3. The van der Waals surface area contributed by atoms with Gasteiger partial charge < -0.3 is 15.4 Å². The highest BCUT2D eigenvalue weighted by molar-refractivity contribution is 6.28. The summed E-state index contributed by atoms with van der Waals surface area (Å²) in [5.41, 5.74) is 2.03. The lowest BCUT2D eigenvalue weighted by molar-refractivity contribution is -0.118. The molecular formula is C24H20N2O4. The quantitative estimate of drug-likeness (QED) is 0.282. The van der Waals surface area contributed by atoms with Crippen LogP contribution >= 0.6 is 0 Å². The average Bonchev–Trinajstić information content (AvgIpc) is 2.78. The maximum atomic E-state index is 12.9. The molecule has 0 radical (unpaired) electrons. The Balaban J connectivity index is 1.89. The predicted octanol–water partition coefficient (Wildman–Crippen LogP) is 4.13. The van der Waals surface area contributed by atoms with Crippen molar-refractivity contribution in [3.63, 3.8) is 0 Å². The Morgan fingerprint density at radius 3 is 1.60 bits per heavy atom. The summed E-state index contributed by atoms with van der Waals surface area (Å²) in [5, 5.41) is 5.45. The van der Waals surface area contributed by atoms with E-state index in [0.717, 1.165) is 0 Å². The lowest BCUT2D eigenvalue weighted by atomic mass is 10.1. The first-order valence-electron chi connectivity index (χ1n) is 9.19. The summed E-state index contributed by atoms with van der Waals surface area (Å²) >= 11 is 0. The van der Waals surface area contributed by atoms with Crippen molar-refractivity contribution in [1.29, 1.82) is 0 Å². The molecule has 2 N–H and O–H groups in total.